The lowest BCUT2D eigenvalue weighted by atomic mass is 10.1. The van der Waals surface area contributed by atoms with Crippen LogP contribution in [0.5, 0.6) is 5.75 Å². The number of carbonyl (C=O) groups is 2. The van der Waals surface area contributed by atoms with Crippen molar-refractivity contribution in [2.75, 3.05) is 25.1 Å². The van der Waals surface area contributed by atoms with Gasteiger partial charge in [-0.1, -0.05) is 54.2 Å². The quantitative estimate of drug-likeness (QED) is 0.575. The summed E-state index contributed by atoms with van der Waals surface area (Å²) in [5, 5.41) is 1.68. The topological polar surface area (TPSA) is 71.5 Å². The Morgan fingerprint density at radius 2 is 1.77 bits per heavy atom. The standard InChI is InChI=1S/C24H23N3O3S/c1-27(22-12-9-19(16-25-22)18-5-3-2-4-6-18)13-14-30-20-10-7-17(8-11-20)15-21-23(28)26-24(29)31-21/h2-12,16,21H,13-15H2,1H3,(H,26,28,29). The van der Waals surface area contributed by atoms with Crippen LogP contribution in [-0.2, 0) is 11.2 Å². The molecular formula is C24H23N3O3S. The highest BCUT2D eigenvalue weighted by Crippen LogP contribution is 2.24. The third kappa shape index (κ3) is 5.44. The SMILES string of the molecule is CN(CCOc1ccc(CC2SC(=O)NC2=O)cc1)c1ccc(-c2ccccc2)cn1. The first-order valence-electron chi connectivity index (χ1n) is 10.0. The molecule has 1 saturated heterocycles. The fourth-order valence-electron chi connectivity index (χ4n) is 3.29. The first kappa shape index (κ1) is 20.9. The number of nitrogens with one attached hydrogen (secondary N) is 1. The molecule has 0 bridgehead atoms. The molecule has 0 saturated carbocycles. The van der Waals surface area contributed by atoms with Gasteiger partial charge in [-0.25, -0.2) is 4.98 Å². The number of amides is 2. The number of imide groups is 1. The van der Waals surface area contributed by atoms with Crippen molar-refractivity contribution >= 4 is 28.7 Å². The van der Waals surface area contributed by atoms with E-state index in [9.17, 15) is 9.59 Å². The molecule has 1 fully saturated rings. The van der Waals surface area contributed by atoms with E-state index in [0.717, 1.165) is 40.0 Å². The van der Waals surface area contributed by atoms with E-state index in [-0.39, 0.29) is 16.4 Å². The Labute approximate surface area is 185 Å². The van der Waals surface area contributed by atoms with Crippen LogP contribution in [0.3, 0.4) is 0 Å². The lowest BCUT2D eigenvalue weighted by molar-refractivity contribution is -0.118. The molecule has 31 heavy (non-hydrogen) atoms. The number of thioether (sulfide) groups is 1. The van der Waals surface area contributed by atoms with Crippen molar-refractivity contribution in [3.8, 4) is 16.9 Å². The highest BCUT2D eigenvalue weighted by Gasteiger charge is 2.31. The Balaban J connectivity index is 1.25. The first-order chi connectivity index (χ1) is 15.1. The van der Waals surface area contributed by atoms with Gasteiger partial charge in [0.15, 0.2) is 0 Å². The summed E-state index contributed by atoms with van der Waals surface area (Å²) < 4.78 is 5.85. The summed E-state index contributed by atoms with van der Waals surface area (Å²) in [6.07, 6.45) is 2.41. The molecule has 3 aromatic rings. The third-order valence-corrected chi connectivity index (χ3v) is 6.03. The van der Waals surface area contributed by atoms with Gasteiger partial charge in [0, 0.05) is 18.8 Å². The summed E-state index contributed by atoms with van der Waals surface area (Å²) >= 11 is 1.04. The molecule has 1 atom stereocenters. The molecule has 1 unspecified atom stereocenters. The van der Waals surface area contributed by atoms with Crippen LogP contribution < -0.4 is 15.0 Å². The summed E-state index contributed by atoms with van der Waals surface area (Å²) in [6, 6.07) is 21.9. The van der Waals surface area contributed by atoms with Gasteiger partial charge in [0.05, 0.1) is 11.8 Å². The second-order valence-corrected chi connectivity index (χ2v) is 8.45. The normalized spacial score (nSPS) is 15.6. The van der Waals surface area contributed by atoms with E-state index >= 15 is 0 Å². The van der Waals surface area contributed by atoms with E-state index in [1.165, 1.54) is 0 Å². The average Bonchev–Trinajstić information content (AvgIpc) is 3.12. The number of rotatable bonds is 8. The van der Waals surface area contributed by atoms with Crippen LogP contribution in [0.25, 0.3) is 11.1 Å². The van der Waals surface area contributed by atoms with Crippen molar-refractivity contribution in [2.24, 2.45) is 0 Å². The van der Waals surface area contributed by atoms with Crippen LogP contribution in [0.2, 0.25) is 0 Å². The maximum Gasteiger partial charge on any atom is 0.286 e. The molecular weight excluding hydrogens is 410 g/mol. The van der Waals surface area contributed by atoms with Crippen LogP contribution in [0, 0.1) is 0 Å². The van der Waals surface area contributed by atoms with Crippen molar-refractivity contribution in [2.45, 2.75) is 11.7 Å². The zero-order valence-electron chi connectivity index (χ0n) is 17.2. The van der Waals surface area contributed by atoms with Crippen LogP contribution >= 0.6 is 11.8 Å². The third-order valence-electron chi connectivity index (χ3n) is 5.05. The minimum absolute atomic E-state index is 0.219. The highest BCUT2D eigenvalue weighted by molar-refractivity contribution is 8.15. The second-order valence-electron chi connectivity index (χ2n) is 7.27. The molecule has 2 amide bonds. The van der Waals surface area contributed by atoms with Crippen molar-refractivity contribution in [3.63, 3.8) is 0 Å². The highest BCUT2D eigenvalue weighted by atomic mass is 32.2. The number of benzene rings is 2. The predicted molar refractivity (Wildman–Crippen MR) is 124 cm³/mol. The number of aromatic nitrogens is 1. The van der Waals surface area contributed by atoms with Gasteiger partial charge in [-0.15, -0.1) is 0 Å². The molecule has 1 aliphatic rings. The molecule has 1 N–H and O–H groups in total. The summed E-state index contributed by atoms with van der Waals surface area (Å²) in [5.74, 6) is 1.44. The number of pyridine rings is 1. The summed E-state index contributed by atoms with van der Waals surface area (Å²) in [6.45, 7) is 1.22. The Morgan fingerprint density at radius 3 is 2.42 bits per heavy atom. The van der Waals surface area contributed by atoms with Crippen molar-refractivity contribution in [1.82, 2.24) is 10.3 Å². The average molecular weight is 434 g/mol. The van der Waals surface area contributed by atoms with Gasteiger partial charge in [0.1, 0.15) is 18.2 Å². The van der Waals surface area contributed by atoms with Gasteiger partial charge in [-0.2, -0.15) is 0 Å². The Hall–Kier alpha value is -3.32. The largest absolute Gasteiger partial charge is 0.492 e. The van der Waals surface area contributed by atoms with E-state index in [4.69, 9.17) is 4.74 Å². The molecule has 7 heteroatoms. The van der Waals surface area contributed by atoms with E-state index < -0.39 is 0 Å². The maximum atomic E-state index is 11.7. The van der Waals surface area contributed by atoms with Crippen LogP contribution in [-0.4, -0.2) is 41.6 Å². The first-order valence-corrected chi connectivity index (χ1v) is 10.9. The number of nitrogens with zero attached hydrogens (tertiary/aromatic N) is 2. The van der Waals surface area contributed by atoms with Crippen LogP contribution in [0.1, 0.15) is 5.56 Å². The van der Waals surface area contributed by atoms with Crippen LogP contribution in [0.4, 0.5) is 10.6 Å². The van der Waals surface area contributed by atoms with E-state index in [2.05, 4.69) is 33.4 Å². The Morgan fingerprint density at radius 1 is 1.00 bits per heavy atom. The molecule has 1 aromatic heterocycles. The number of carbonyl (C=O) groups excluding carboxylic acids is 2. The number of anilines is 1. The van der Waals surface area contributed by atoms with Gasteiger partial charge in [-0.3, -0.25) is 14.9 Å². The van der Waals surface area contributed by atoms with E-state index in [1.807, 2.05) is 61.8 Å². The lowest BCUT2D eigenvalue weighted by Crippen LogP contribution is -2.25. The molecule has 4 rings (SSSR count). The number of likely N-dealkylation sites (N-methyl/N-ethyl adjacent to an activating group) is 1. The molecule has 0 aliphatic carbocycles. The molecule has 2 aromatic carbocycles. The minimum atomic E-state index is -0.353. The summed E-state index contributed by atoms with van der Waals surface area (Å²) in [5.41, 5.74) is 3.23. The smallest absolute Gasteiger partial charge is 0.286 e. The molecule has 158 valence electrons. The number of hydrogen-bond donors (Lipinski definition) is 1. The van der Waals surface area contributed by atoms with Gasteiger partial charge >= 0.3 is 0 Å². The van der Waals surface area contributed by atoms with Crippen molar-refractivity contribution in [1.29, 1.82) is 0 Å². The Kier molecular flexibility index (Phi) is 6.52. The molecule has 2 heterocycles. The van der Waals surface area contributed by atoms with Gasteiger partial charge in [0.2, 0.25) is 5.91 Å². The van der Waals surface area contributed by atoms with E-state index in [0.29, 0.717) is 19.6 Å². The lowest BCUT2D eigenvalue weighted by Gasteiger charge is -2.18. The minimum Gasteiger partial charge on any atom is -0.492 e. The maximum absolute atomic E-state index is 11.7. The van der Waals surface area contributed by atoms with Crippen LogP contribution in [0.15, 0.2) is 72.9 Å². The van der Waals surface area contributed by atoms with Gasteiger partial charge in [0.25, 0.3) is 5.24 Å². The zero-order chi connectivity index (χ0) is 21.6. The predicted octanol–water partition coefficient (Wildman–Crippen LogP) is 4.16. The van der Waals surface area contributed by atoms with Gasteiger partial charge < -0.3 is 9.64 Å². The van der Waals surface area contributed by atoms with Crippen molar-refractivity contribution in [3.05, 3.63) is 78.5 Å². The fourth-order valence-corrected chi connectivity index (χ4v) is 4.15. The zero-order valence-corrected chi connectivity index (χ0v) is 18.0. The molecule has 6 nitrogen and oxygen atoms in total. The fraction of sp³-hybridized carbons (Fsp3) is 0.208. The molecule has 0 spiro atoms. The second kappa shape index (κ2) is 9.66. The van der Waals surface area contributed by atoms with E-state index in [1.54, 1.807) is 0 Å². The Bertz CT molecular complexity index is 1040. The monoisotopic (exact) mass is 433 g/mol. The number of ether oxygens (including phenoxy) is 1. The van der Waals surface area contributed by atoms with Crippen molar-refractivity contribution < 1.29 is 14.3 Å². The number of hydrogen-bond acceptors (Lipinski definition) is 6. The van der Waals surface area contributed by atoms with Gasteiger partial charge in [-0.05, 0) is 41.8 Å². The molecule has 0 radical (unpaired) electrons. The summed E-state index contributed by atoms with van der Waals surface area (Å²) in [7, 11) is 1.99. The molecule has 1 aliphatic heterocycles. The summed E-state index contributed by atoms with van der Waals surface area (Å²) in [4.78, 5) is 29.6.